The molecule has 0 saturated heterocycles. The van der Waals surface area contributed by atoms with Crippen LogP contribution in [0.25, 0.3) is 0 Å². The van der Waals surface area contributed by atoms with Crippen molar-refractivity contribution in [2.45, 2.75) is 45.8 Å². The lowest BCUT2D eigenvalue weighted by Crippen LogP contribution is -2.39. The van der Waals surface area contributed by atoms with Gasteiger partial charge in [0, 0.05) is 0 Å². The Labute approximate surface area is 78.6 Å². The van der Waals surface area contributed by atoms with Crippen LogP contribution in [0.4, 0.5) is 4.79 Å². The molecule has 0 aliphatic carbocycles. The van der Waals surface area contributed by atoms with Gasteiger partial charge >= 0.3 is 6.09 Å². The molecule has 1 atom stereocenters. The first-order valence-electron chi connectivity index (χ1n) is 4.36. The summed E-state index contributed by atoms with van der Waals surface area (Å²) in [6.07, 6.45) is 0.835. The summed E-state index contributed by atoms with van der Waals surface area (Å²) in [5, 5.41) is 2.39. The molecule has 1 amide bonds. The molecule has 1 unspecified atom stereocenters. The Bertz CT molecular complexity index is 189. The third-order valence-electron chi connectivity index (χ3n) is 1.77. The van der Waals surface area contributed by atoms with Crippen LogP contribution in [-0.2, 0) is 9.53 Å². The molecule has 0 bridgehead atoms. The molecule has 0 heterocycles. The van der Waals surface area contributed by atoms with E-state index in [4.69, 9.17) is 4.74 Å². The number of ether oxygens (including phenoxy) is 1. The van der Waals surface area contributed by atoms with E-state index in [1.807, 2.05) is 20.8 Å². The molecule has 0 aromatic carbocycles. The van der Waals surface area contributed by atoms with Gasteiger partial charge in [0.15, 0.2) is 0 Å². The first kappa shape index (κ1) is 11.9. The van der Waals surface area contributed by atoms with Gasteiger partial charge in [-0.05, 0) is 27.2 Å². The second-order valence-electron chi connectivity index (χ2n) is 3.57. The van der Waals surface area contributed by atoms with E-state index in [9.17, 15) is 9.59 Å². The van der Waals surface area contributed by atoms with Gasteiger partial charge in [-0.1, -0.05) is 6.92 Å². The van der Waals surface area contributed by atoms with Crippen LogP contribution < -0.4 is 5.32 Å². The minimum atomic E-state index is -0.550. The van der Waals surface area contributed by atoms with Crippen LogP contribution >= 0.6 is 0 Å². The molecular formula is C9H17NO3. The van der Waals surface area contributed by atoms with Crippen molar-refractivity contribution in [3.8, 4) is 0 Å². The fourth-order valence-electron chi connectivity index (χ4n) is 0.572. The second-order valence-corrected chi connectivity index (χ2v) is 3.57. The second kappa shape index (κ2) is 4.84. The largest absolute Gasteiger partial charge is 0.444 e. The van der Waals surface area contributed by atoms with Gasteiger partial charge in [-0.3, -0.25) is 0 Å². The SMILES string of the molecule is CCC(C)(C)OC(=O)NC(C)C=O. The number of hydrogen-bond acceptors (Lipinski definition) is 3. The molecule has 1 N–H and O–H groups in total. The smallest absolute Gasteiger partial charge is 0.408 e. The molecule has 0 saturated carbocycles. The van der Waals surface area contributed by atoms with Crippen LogP contribution in [0.2, 0.25) is 0 Å². The quantitative estimate of drug-likeness (QED) is 0.678. The van der Waals surface area contributed by atoms with Crippen molar-refractivity contribution in [2.75, 3.05) is 0 Å². The summed E-state index contributed by atoms with van der Waals surface area (Å²) in [7, 11) is 0. The fraction of sp³-hybridized carbons (Fsp3) is 0.778. The number of rotatable bonds is 4. The first-order chi connectivity index (χ1) is 5.91. The molecule has 0 rings (SSSR count). The Morgan fingerprint density at radius 3 is 2.54 bits per heavy atom. The standard InChI is InChI=1S/C9H17NO3/c1-5-9(3,4)13-8(12)10-7(2)6-11/h6-7H,5H2,1-4H3,(H,10,12). The van der Waals surface area contributed by atoms with Crippen molar-refractivity contribution < 1.29 is 14.3 Å². The molecule has 0 aromatic rings. The van der Waals surface area contributed by atoms with E-state index >= 15 is 0 Å². The van der Waals surface area contributed by atoms with Gasteiger partial charge < -0.3 is 14.8 Å². The van der Waals surface area contributed by atoms with Gasteiger partial charge in [-0.15, -0.1) is 0 Å². The Kier molecular flexibility index (Phi) is 4.45. The van der Waals surface area contributed by atoms with Crippen LogP contribution in [0, 0.1) is 0 Å². The molecule has 0 radical (unpaired) electrons. The van der Waals surface area contributed by atoms with Crippen LogP contribution in [0.15, 0.2) is 0 Å². The zero-order chi connectivity index (χ0) is 10.5. The summed E-state index contributed by atoms with van der Waals surface area (Å²) in [6.45, 7) is 7.15. The van der Waals surface area contributed by atoms with Crippen LogP contribution in [-0.4, -0.2) is 24.0 Å². The third kappa shape index (κ3) is 5.22. The zero-order valence-corrected chi connectivity index (χ0v) is 8.59. The van der Waals surface area contributed by atoms with E-state index in [1.165, 1.54) is 0 Å². The van der Waals surface area contributed by atoms with Gasteiger partial charge in [-0.25, -0.2) is 4.79 Å². The molecule has 0 aliphatic rings. The molecule has 4 heteroatoms. The van der Waals surface area contributed by atoms with Crippen molar-refractivity contribution in [3.05, 3.63) is 0 Å². The summed E-state index contributed by atoms with van der Waals surface area (Å²) >= 11 is 0. The predicted octanol–water partition coefficient (Wildman–Crippen LogP) is 1.49. The van der Waals surface area contributed by atoms with Crippen LogP contribution in [0.1, 0.15) is 34.1 Å². The van der Waals surface area contributed by atoms with Crippen molar-refractivity contribution in [1.29, 1.82) is 0 Å². The highest BCUT2D eigenvalue weighted by molar-refractivity contribution is 5.73. The number of amides is 1. The van der Waals surface area contributed by atoms with E-state index in [2.05, 4.69) is 5.32 Å². The molecule has 0 aromatic heterocycles. The van der Waals surface area contributed by atoms with E-state index in [-0.39, 0.29) is 0 Å². The first-order valence-corrected chi connectivity index (χ1v) is 4.36. The Morgan fingerprint density at radius 2 is 2.15 bits per heavy atom. The minimum absolute atomic E-state index is 0.479. The van der Waals surface area contributed by atoms with Crippen molar-refractivity contribution in [2.24, 2.45) is 0 Å². The fourth-order valence-corrected chi connectivity index (χ4v) is 0.572. The predicted molar refractivity (Wildman–Crippen MR) is 49.5 cm³/mol. The Balaban J connectivity index is 3.94. The van der Waals surface area contributed by atoms with Crippen molar-refractivity contribution in [1.82, 2.24) is 5.32 Å². The molecule has 0 spiro atoms. The summed E-state index contributed by atoms with van der Waals surface area (Å²) in [6, 6.07) is -0.500. The highest BCUT2D eigenvalue weighted by Gasteiger charge is 2.20. The van der Waals surface area contributed by atoms with Gasteiger partial charge in [-0.2, -0.15) is 0 Å². The van der Waals surface area contributed by atoms with Crippen molar-refractivity contribution in [3.63, 3.8) is 0 Å². The van der Waals surface area contributed by atoms with Gasteiger partial charge in [0.2, 0.25) is 0 Å². The number of nitrogens with one attached hydrogen (secondary N) is 1. The molecule has 76 valence electrons. The highest BCUT2D eigenvalue weighted by Crippen LogP contribution is 2.13. The van der Waals surface area contributed by atoms with E-state index < -0.39 is 17.7 Å². The maximum absolute atomic E-state index is 11.1. The molecule has 0 aliphatic heterocycles. The average Bonchev–Trinajstić information content (AvgIpc) is 2.03. The number of alkyl carbamates (subject to hydrolysis) is 1. The maximum Gasteiger partial charge on any atom is 0.408 e. The number of carbonyl (C=O) groups is 2. The summed E-state index contributed by atoms with van der Waals surface area (Å²) in [5.74, 6) is 0. The summed E-state index contributed by atoms with van der Waals surface area (Å²) in [5.41, 5.74) is -0.479. The van der Waals surface area contributed by atoms with E-state index in [0.29, 0.717) is 6.29 Å². The Morgan fingerprint density at radius 1 is 1.62 bits per heavy atom. The lowest BCUT2D eigenvalue weighted by atomic mass is 10.1. The molecular weight excluding hydrogens is 170 g/mol. The minimum Gasteiger partial charge on any atom is -0.444 e. The topological polar surface area (TPSA) is 55.4 Å². The van der Waals surface area contributed by atoms with E-state index in [1.54, 1.807) is 6.92 Å². The number of hydrogen-bond donors (Lipinski definition) is 1. The molecule has 13 heavy (non-hydrogen) atoms. The van der Waals surface area contributed by atoms with Gasteiger partial charge in [0.05, 0.1) is 6.04 Å². The lowest BCUT2D eigenvalue weighted by Gasteiger charge is -2.23. The van der Waals surface area contributed by atoms with Gasteiger partial charge in [0.25, 0.3) is 0 Å². The lowest BCUT2D eigenvalue weighted by molar-refractivity contribution is -0.109. The monoisotopic (exact) mass is 187 g/mol. The summed E-state index contributed by atoms with van der Waals surface area (Å²) in [4.78, 5) is 21.3. The zero-order valence-electron chi connectivity index (χ0n) is 8.59. The number of aldehydes is 1. The van der Waals surface area contributed by atoms with Gasteiger partial charge in [0.1, 0.15) is 11.9 Å². The molecule has 4 nitrogen and oxygen atoms in total. The number of carbonyl (C=O) groups excluding carboxylic acids is 2. The average molecular weight is 187 g/mol. The molecule has 0 fully saturated rings. The van der Waals surface area contributed by atoms with E-state index in [0.717, 1.165) is 6.42 Å². The van der Waals surface area contributed by atoms with Crippen LogP contribution in [0.3, 0.4) is 0 Å². The maximum atomic E-state index is 11.1. The highest BCUT2D eigenvalue weighted by atomic mass is 16.6. The normalized spacial score (nSPS) is 13.2. The summed E-state index contributed by atoms with van der Waals surface area (Å²) < 4.78 is 5.05. The van der Waals surface area contributed by atoms with Crippen molar-refractivity contribution >= 4 is 12.4 Å². The van der Waals surface area contributed by atoms with Crippen LogP contribution in [0.5, 0.6) is 0 Å². The third-order valence-corrected chi connectivity index (χ3v) is 1.77. The Hall–Kier alpha value is -1.06.